The maximum Gasteiger partial charge on any atom is 0.324 e. The number of thioether (sulfide) groups is 1. The first-order chi connectivity index (χ1) is 16.8. The lowest BCUT2D eigenvalue weighted by Crippen LogP contribution is -2.56. The minimum absolute atomic E-state index is 0. The Bertz CT molecular complexity index is 1220. The fraction of sp³-hybridized carbons (Fsp3) is 0.333. The predicted octanol–water partition coefficient (Wildman–Crippen LogP) is 3.84. The number of carboxylic acids is 2. The number of carbonyl (C=O) groups is 2. The van der Waals surface area contributed by atoms with E-state index in [-0.39, 0.29) is 48.3 Å². The molecule has 8 nitrogen and oxygen atoms in total. The van der Waals surface area contributed by atoms with Gasteiger partial charge in [-0.15, -0.1) is 22.6 Å². The summed E-state index contributed by atoms with van der Waals surface area (Å²) in [4.78, 5) is 29.5. The summed E-state index contributed by atoms with van der Waals surface area (Å²) in [6.07, 6.45) is 1.49. The molecule has 0 amide bonds. The normalized spacial score (nSPS) is 26.3. The number of hydrogen-bond donors (Lipinski definition) is 3. The van der Waals surface area contributed by atoms with Crippen LogP contribution in [-0.4, -0.2) is 53.0 Å². The van der Waals surface area contributed by atoms with Crippen molar-refractivity contribution in [2.75, 3.05) is 0 Å². The third-order valence-corrected chi connectivity index (χ3v) is 8.29. The molecular weight excluding hydrogens is 514 g/mol. The molecule has 1 heterocycles. The highest BCUT2D eigenvalue weighted by atomic mass is 35.5. The molecule has 36 heavy (non-hydrogen) atoms. The Morgan fingerprint density at radius 3 is 2.11 bits per heavy atom. The second-order valence-corrected chi connectivity index (χ2v) is 10.1. The average molecular weight is 537 g/mol. The molecule has 0 bridgehead atoms. The highest BCUT2D eigenvalue weighted by Gasteiger charge is 2.76. The molecule has 0 spiro atoms. The fourth-order valence-corrected chi connectivity index (χ4v) is 6.87. The third kappa shape index (κ3) is 4.46. The maximum atomic E-state index is 14.7. The molecule has 3 aromatic rings. The Labute approximate surface area is 215 Å². The summed E-state index contributed by atoms with van der Waals surface area (Å²) in [6, 6.07) is 12.0. The Morgan fingerprint density at radius 1 is 1.06 bits per heavy atom. The van der Waals surface area contributed by atoms with Crippen molar-refractivity contribution in [3.05, 3.63) is 77.6 Å². The highest BCUT2D eigenvalue weighted by Crippen LogP contribution is 2.67. The SMILES string of the molecule is Cl.O=C(O)[C@H]1[C@H]2[C@@H]1[C@@](C(=O)O)(N(Cc1ccccc1F)Cc1ccccc1F)C[C@H]2Sc1nnc[nH]1. The summed E-state index contributed by atoms with van der Waals surface area (Å²) in [7, 11) is 0. The molecule has 2 aliphatic carbocycles. The van der Waals surface area contributed by atoms with Crippen LogP contribution in [0.15, 0.2) is 60.0 Å². The molecule has 2 saturated carbocycles. The molecule has 0 aliphatic heterocycles. The van der Waals surface area contributed by atoms with Crippen LogP contribution in [0.3, 0.4) is 0 Å². The predicted molar refractivity (Wildman–Crippen MR) is 128 cm³/mol. The van der Waals surface area contributed by atoms with Gasteiger partial charge in [0.2, 0.25) is 0 Å². The van der Waals surface area contributed by atoms with Crippen LogP contribution in [0.25, 0.3) is 0 Å². The van der Waals surface area contributed by atoms with Crippen LogP contribution in [0.2, 0.25) is 0 Å². The van der Waals surface area contributed by atoms with Crippen molar-refractivity contribution >= 4 is 36.1 Å². The van der Waals surface area contributed by atoms with Gasteiger partial charge in [-0.05, 0) is 24.5 Å². The highest BCUT2D eigenvalue weighted by molar-refractivity contribution is 7.99. The number of aliphatic carboxylic acids is 2. The maximum absolute atomic E-state index is 14.7. The summed E-state index contributed by atoms with van der Waals surface area (Å²) < 4.78 is 29.3. The van der Waals surface area contributed by atoms with E-state index < -0.39 is 46.9 Å². The molecule has 0 radical (unpaired) electrons. The molecule has 2 aromatic carbocycles. The first-order valence-corrected chi connectivity index (χ1v) is 11.9. The summed E-state index contributed by atoms with van der Waals surface area (Å²) in [6.45, 7) is -0.245. The minimum Gasteiger partial charge on any atom is -0.481 e. The van der Waals surface area contributed by atoms with Crippen LogP contribution >= 0.6 is 24.2 Å². The van der Waals surface area contributed by atoms with E-state index in [4.69, 9.17) is 0 Å². The number of rotatable bonds is 9. The van der Waals surface area contributed by atoms with Crippen molar-refractivity contribution in [2.45, 2.75) is 35.5 Å². The Kier molecular flexibility index (Phi) is 7.35. The van der Waals surface area contributed by atoms with Crippen LogP contribution < -0.4 is 0 Å². The second-order valence-electron chi connectivity index (χ2n) is 8.89. The number of fused-ring (bicyclic) bond motifs is 1. The minimum atomic E-state index is -1.64. The molecule has 5 atom stereocenters. The average Bonchev–Trinajstić information content (AvgIpc) is 3.19. The van der Waals surface area contributed by atoms with E-state index in [9.17, 15) is 28.6 Å². The van der Waals surface area contributed by atoms with E-state index in [2.05, 4.69) is 15.2 Å². The van der Waals surface area contributed by atoms with Gasteiger partial charge in [0.25, 0.3) is 0 Å². The monoisotopic (exact) mass is 536 g/mol. The van der Waals surface area contributed by atoms with E-state index >= 15 is 0 Å². The second kappa shape index (κ2) is 10.2. The Morgan fingerprint density at radius 2 is 1.64 bits per heavy atom. The van der Waals surface area contributed by atoms with Gasteiger partial charge in [0.05, 0.1) is 5.92 Å². The van der Waals surface area contributed by atoms with Crippen LogP contribution in [0, 0.1) is 29.4 Å². The molecule has 3 N–H and O–H groups in total. The standard InChI is InChI=1S/C24H22F2N4O4S.ClH/c25-15-7-3-1-5-13(15)10-30(11-14-6-2-4-8-16(14)26)24(22(33)34)9-17(35-23-27-12-28-29-23)18-19(20(18)24)21(31)32;/h1-8,12,17-20H,9-11H2,(H,31,32)(H,33,34)(H,27,28,29);1H/t17-,18+,19+,20+,24+;/m1./s1. The summed E-state index contributed by atoms with van der Waals surface area (Å²) in [5.41, 5.74) is -1.14. The fourth-order valence-electron chi connectivity index (χ4n) is 5.53. The molecule has 1 aromatic heterocycles. The first-order valence-electron chi connectivity index (χ1n) is 11.0. The molecule has 190 valence electrons. The smallest absolute Gasteiger partial charge is 0.324 e. The quantitative estimate of drug-likeness (QED) is 0.377. The van der Waals surface area contributed by atoms with E-state index in [0.717, 1.165) is 0 Å². The number of carboxylic acid groups (broad SMARTS) is 2. The third-order valence-electron chi connectivity index (χ3n) is 7.08. The molecule has 12 heteroatoms. The lowest BCUT2D eigenvalue weighted by atomic mass is 9.87. The Hall–Kier alpha value is -3.02. The van der Waals surface area contributed by atoms with Crippen molar-refractivity contribution in [3.8, 4) is 0 Å². The number of benzene rings is 2. The number of nitrogens with zero attached hydrogens (tertiary/aromatic N) is 3. The van der Waals surface area contributed by atoms with Gasteiger partial charge >= 0.3 is 11.9 Å². The van der Waals surface area contributed by atoms with Gasteiger partial charge in [0.15, 0.2) is 5.16 Å². The molecule has 2 aliphatic rings. The number of aromatic nitrogens is 3. The summed E-state index contributed by atoms with van der Waals surface area (Å²) >= 11 is 1.25. The topological polar surface area (TPSA) is 119 Å². The van der Waals surface area contributed by atoms with E-state index in [1.807, 2.05) is 0 Å². The molecule has 0 saturated heterocycles. The molecular formula is C24H23ClF2N4O4S. The van der Waals surface area contributed by atoms with Crippen molar-refractivity contribution in [1.29, 1.82) is 0 Å². The molecule has 2 fully saturated rings. The number of hydrogen-bond acceptors (Lipinski definition) is 6. The van der Waals surface area contributed by atoms with Crippen molar-refractivity contribution in [3.63, 3.8) is 0 Å². The zero-order valence-electron chi connectivity index (χ0n) is 18.8. The number of halogens is 3. The summed E-state index contributed by atoms with van der Waals surface area (Å²) in [5.74, 6) is -5.35. The van der Waals surface area contributed by atoms with Gasteiger partial charge < -0.3 is 15.2 Å². The lowest BCUT2D eigenvalue weighted by Gasteiger charge is -2.40. The zero-order chi connectivity index (χ0) is 24.7. The van der Waals surface area contributed by atoms with Crippen LogP contribution in [-0.2, 0) is 22.7 Å². The van der Waals surface area contributed by atoms with Gasteiger partial charge in [-0.3, -0.25) is 14.5 Å². The van der Waals surface area contributed by atoms with Crippen LogP contribution in [0.1, 0.15) is 17.5 Å². The van der Waals surface area contributed by atoms with Crippen molar-refractivity contribution < 1.29 is 28.6 Å². The lowest BCUT2D eigenvalue weighted by molar-refractivity contribution is -0.155. The Balaban J connectivity index is 0.00000304. The van der Waals surface area contributed by atoms with Gasteiger partial charge in [-0.1, -0.05) is 48.2 Å². The van der Waals surface area contributed by atoms with E-state index in [1.165, 1.54) is 47.3 Å². The summed E-state index contributed by atoms with van der Waals surface area (Å²) in [5, 5.41) is 28.3. The van der Waals surface area contributed by atoms with Gasteiger partial charge in [0, 0.05) is 35.4 Å². The number of aromatic amines is 1. The zero-order valence-corrected chi connectivity index (χ0v) is 20.4. The van der Waals surface area contributed by atoms with E-state index in [1.54, 1.807) is 24.3 Å². The van der Waals surface area contributed by atoms with Crippen molar-refractivity contribution in [1.82, 2.24) is 20.1 Å². The molecule has 0 unspecified atom stereocenters. The first kappa shape index (κ1) is 26.1. The number of nitrogens with one attached hydrogen (secondary N) is 1. The van der Waals surface area contributed by atoms with Gasteiger partial charge in [0.1, 0.15) is 23.5 Å². The van der Waals surface area contributed by atoms with Crippen molar-refractivity contribution in [2.24, 2.45) is 17.8 Å². The van der Waals surface area contributed by atoms with Crippen LogP contribution in [0.5, 0.6) is 0 Å². The number of H-pyrrole nitrogens is 1. The van der Waals surface area contributed by atoms with E-state index in [0.29, 0.717) is 5.16 Å². The van der Waals surface area contributed by atoms with Gasteiger partial charge in [-0.2, -0.15) is 0 Å². The molecule has 5 rings (SSSR count). The van der Waals surface area contributed by atoms with Crippen LogP contribution in [0.4, 0.5) is 8.78 Å². The largest absolute Gasteiger partial charge is 0.481 e. The van der Waals surface area contributed by atoms with Gasteiger partial charge in [-0.25, -0.2) is 8.78 Å².